The van der Waals surface area contributed by atoms with Gasteiger partial charge in [0.25, 0.3) is 0 Å². The molecule has 1 heterocycles. The molecule has 21 nitrogen and oxygen atoms in total. The van der Waals surface area contributed by atoms with Crippen molar-refractivity contribution in [2.75, 3.05) is 11.5 Å². The van der Waals surface area contributed by atoms with Gasteiger partial charge in [0, 0.05) is 63.2 Å². The molecule has 7 amide bonds. The second-order valence-corrected chi connectivity index (χ2v) is 21.4. The number of phenols is 1. The van der Waals surface area contributed by atoms with Crippen LogP contribution < -0.4 is 38.5 Å². The minimum Gasteiger partial charge on any atom is -0.508 e. The first kappa shape index (κ1) is 61.1. The van der Waals surface area contributed by atoms with Crippen molar-refractivity contribution in [1.29, 1.82) is 0 Å². The van der Waals surface area contributed by atoms with Crippen molar-refractivity contribution in [3.63, 3.8) is 0 Å². The Morgan fingerprint density at radius 2 is 1.42 bits per heavy atom. The van der Waals surface area contributed by atoms with Gasteiger partial charge in [-0.15, -0.1) is 0 Å². The molecule has 1 fully saturated rings. The van der Waals surface area contributed by atoms with E-state index in [1.54, 1.807) is 13.8 Å². The molecule has 2 rings (SSSR count). The second-order valence-electron chi connectivity index (χ2n) is 19.1. The first-order chi connectivity index (χ1) is 33.2. The first-order valence-electron chi connectivity index (χ1n) is 24.4. The Hall–Kier alpha value is -6.06. The van der Waals surface area contributed by atoms with Crippen LogP contribution in [-0.2, 0) is 69.0 Å². The number of rotatable bonds is 23. The number of unbranched alkanes of at least 4 members (excludes halogenated alkanes) is 1. The van der Waals surface area contributed by atoms with Crippen LogP contribution in [0.15, 0.2) is 24.3 Å². The largest absolute Gasteiger partial charge is 0.508 e. The molecule has 396 valence electrons. The summed E-state index contributed by atoms with van der Waals surface area (Å²) in [6.07, 6.45) is -3.37. The minimum atomic E-state index is -4.23. The van der Waals surface area contributed by atoms with Gasteiger partial charge in [0.2, 0.25) is 41.4 Å². The highest BCUT2D eigenvalue weighted by molar-refractivity contribution is 7.91. The van der Waals surface area contributed by atoms with Gasteiger partial charge >= 0.3 is 0 Å². The van der Waals surface area contributed by atoms with Crippen molar-refractivity contribution in [3.05, 3.63) is 29.8 Å². The van der Waals surface area contributed by atoms with Gasteiger partial charge in [-0.1, -0.05) is 66.0 Å². The van der Waals surface area contributed by atoms with E-state index in [1.165, 1.54) is 24.3 Å². The lowest BCUT2D eigenvalue weighted by Crippen LogP contribution is -2.50. The van der Waals surface area contributed by atoms with Gasteiger partial charge in [0.15, 0.2) is 33.0 Å². The number of amides is 7. The van der Waals surface area contributed by atoms with E-state index in [0.29, 0.717) is 24.8 Å². The Morgan fingerprint density at radius 1 is 0.789 bits per heavy atom. The van der Waals surface area contributed by atoms with E-state index in [9.17, 15) is 66.3 Å². The van der Waals surface area contributed by atoms with Gasteiger partial charge in [0.05, 0.1) is 41.6 Å². The topological polar surface area (TPSA) is 368 Å². The number of nitrogens with two attached hydrogens (primary N) is 3. The summed E-state index contributed by atoms with van der Waals surface area (Å²) in [7, 11) is -4.23. The summed E-state index contributed by atoms with van der Waals surface area (Å²) in [5.74, 6) is -14.6. The number of nitrogens with one attached hydrogen (secondary N) is 4. The molecule has 0 unspecified atom stereocenters. The molecule has 8 atom stereocenters. The summed E-state index contributed by atoms with van der Waals surface area (Å²) in [5, 5.41) is 20.3. The second kappa shape index (κ2) is 30.0. The van der Waals surface area contributed by atoms with Crippen molar-refractivity contribution >= 4 is 74.3 Å². The Balaban J connectivity index is 2.71. The Bertz CT molecular complexity index is 2180. The number of sulfone groups is 1. The molecule has 1 aromatic rings. The maximum absolute atomic E-state index is 14.4. The zero-order valence-electron chi connectivity index (χ0n) is 41.6. The van der Waals surface area contributed by atoms with Crippen molar-refractivity contribution < 1.29 is 66.3 Å². The normalized spacial score (nSPS) is 22.2. The lowest BCUT2D eigenvalue weighted by molar-refractivity contribution is -0.137. The summed E-state index contributed by atoms with van der Waals surface area (Å²) in [6, 6.07) is 0.320. The third-order valence-electron chi connectivity index (χ3n) is 12.7. The maximum Gasteiger partial charge on any atom is 0.224 e. The van der Waals surface area contributed by atoms with E-state index in [0.717, 1.165) is 0 Å². The molecular weight excluding hydrogens is 943 g/mol. The summed E-state index contributed by atoms with van der Waals surface area (Å²) in [4.78, 5) is 147. The molecule has 22 heteroatoms. The van der Waals surface area contributed by atoms with E-state index in [1.807, 2.05) is 20.8 Å². The Kier molecular flexibility index (Phi) is 25.8. The Morgan fingerprint density at radius 3 is 2.00 bits per heavy atom. The number of hydrogen-bond acceptors (Lipinski definition) is 14. The number of benzene rings is 1. The number of primary amides is 3. The molecule has 0 bridgehead atoms. The van der Waals surface area contributed by atoms with Crippen LogP contribution in [0.2, 0.25) is 0 Å². The summed E-state index contributed by atoms with van der Waals surface area (Å²) in [6.45, 7) is 8.94. The van der Waals surface area contributed by atoms with Gasteiger partial charge < -0.3 is 43.6 Å². The summed E-state index contributed by atoms with van der Waals surface area (Å²) in [5.41, 5.74) is 16.7. The molecule has 71 heavy (non-hydrogen) atoms. The third kappa shape index (κ3) is 22.7. The smallest absolute Gasteiger partial charge is 0.224 e. The van der Waals surface area contributed by atoms with Crippen LogP contribution in [0.4, 0.5) is 0 Å². The van der Waals surface area contributed by atoms with Crippen LogP contribution in [-0.4, -0.2) is 114 Å². The average molecular weight is 1020 g/mol. The van der Waals surface area contributed by atoms with E-state index in [4.69, 9.17) is 17.2 Å². The van der Waals surface area contributed by atoms with E-state index >= 15 is 0 Å². The molecule has 0 saturated carbocycles. The fourth-order valence-corrected chi connectivity index (χ4v) is 9.50. The zero-order valence-corrected chi connectivity index (χ0v) is 42.4. The maximum atomic E-state index is 14.4. The number of ketones is 4. The third-order valence-corrected chi connectivity index (χ3v) is 14.3. The van der Waals surface area contributed by atoms with E-state index < -0.39 is 179 Å². The summed E-state index contributed by atoms with van der Waals surface area (Å²) >= 11 is 0. The standard InChI is InChI=1S/C49H75N7O14S/c1-6-8-9-31(47(66)56-37(22-28(3)4)39(58)15-17-44(51)63)24-40(59)36-18-20-71(69,70)21-19-46(65)53-38(23-30-10-12-33(57)13-11-30)42(61)27-34(29(5)7-2)49(68)55-35(14-16-43(50)62)41(60)25-32(26-45(52)64)48(67)54-36/h10-13,28-29,31-32,34-38,57H,6-9,14-27H2,1-5H3,(H2,50,62)(H2,51,63)(H2,52,64)(H,53,65)(H,54,67)(H,55,68)(H,56,66)/t29-,31+,32-,34-,35-,36-,37-,38-/m0/s1. The monoisotopic (exact) mass is 1020 g/mol. The molecule has 0 aliphatic carbocycles. The number of Topliss-reactive ketones (excluding diaryl/α,β-unsaturated/α-hetero) is 4. The van der Waals surface area contributed by atoms with Crippen LogP contribution in [0.25, 0.3) is 0 Å². The molecule has 0 aromatic heterocycles. The number of carbonyl (C=O) groups excluding carboxylic acids is 11. The van der Waals surface area contributed by atoms with Gasteiger partial charge in [0.1, 0.15) is 5.75 Å². The fraction of sp³-hybridized carbons (Fsp3) is 0.653. The summed E-state index contributed by atoms with van der Waals surface area (Å²) < 4.78 is 27.3. The van der Waals surface area contributed by atoms with Crippen LogP contribution in [0.3, 0.4) is 0 Å². The van der Waals surface area contributed by atoms with E-state index in [-0.39, 0.29) is 50.2 Å². The number of aromatic hydroxyl groups is 1. The fourth-order valence-electron chi connectivity index (χ4n) is 8.20. The van der Waals surface area contributed by atoms with Crippen molar-refractivity contribution in [2.24, 2.45) is 46.8 Å². The SMILES string of the molecule is CCCC[C@H](CC(=O)[C@@H]1CCS(=O)(=O)CCC(=O)N[C@@H](Cc2ccc(O)cc2)C(=O)C[C@@H]([C@@H](C)CC)C(=O)N[C@@H](CCC(N)=O)C(=O)C[C@@H](CC(N)=O)C(=O)N1)C(=O)N[C@@H](CC(C)C)C(=O)CCC(N)=O. The lowest BCUT2D eigenvalue weighted by Gasteiger charge is -2.28. The van der Waals surface area contributed by atoms with Crippen molar-refractivity contribution in [2.45, 2.75) is 162 Å². The average Bonchev–Trinajstić information content (AvgIpc) is 3.29. The first-order valence-corrected chi connectivity index (χ1v) is 26.2. The molecule has 1 saturated heterocycles. The van der Waals surface area contributed by atoms with Gasteiger partial charge in [-0.05, 0) is 61.6 Å². The molecule has 0 radical (unpaired) electrons. The van der Waals surface area contributed by atoms with Crippen molar-refractivity contribution in [3.8, 4) is 5.75 Å². The number of phenolic OH excluding ortho intramolecular Hbond substituents is 1. The van der Waals surface area contributed by atoms with Gasteiger partial charge in [-0.2, -0.15) is 0 Å². The van der Waals surface area contributed by atoms with Gasteiger partial charge in [-0.25, -0.2) is 8.42 Å². The predicted molar refractivity (Wildman–Crippen MR) is 261 cm³/mol. The number of hydrogen-bond donors (Lipinski definition) is 8. The Labute approximate surface area is 416 Å². The van der Waals surface area contributed by atoms with E-state index in [2.05, 4.69) is 21.3 Å². The highest BCUT2D eigenvalue weighted by Crippen LogP contribution is 2.24. The highest BCUT2D eigenvalue weighted by atomic mass is 32.2. The lowest BCUT2D eigenvalue weighted by atomic mass is 9.84. The molecular formula is C49H75N7O14S. The van der Waals surface area contributed by atoms with Crippen LogP contribution in [0.1, 0.15) is 136 Å². The highest BCUT2D eigenvalue weighted by Gasteiger charge is 2.37. The zero-order chi connectivity index (χ0) is 53.6. The molecule has 1 aliphatic rings. The van der Waals surface area contributed by atoms with Crippen LogP contribution in [0, 0.1) is 29.6 Å². The van der Waals surface area contributed by atoms with Crippen LogP contribution in [0.5, 0.6) is 5.75 Å². The quantitative estimate of drug-likeness (QED) is 0.0761. The predicted octanol–water partition coefficient (Wildman–Crippen LogP) is 1.07. The van der Waals surface area contributed by atoms with Crippen molar-refractivity contribution in [1.82, 2.24) is 21.3 Å². The molecule has 1 aliphatic heterocycles. The molecule has 0 spiro atoms. The molecule has 1 aromatic carbocycles. The minimum absolute atomic E-state index is 0.0659. The van der Waals surface area contributed by atoms with Crippen LogP contribution >= 0.6 is 0 Å². The van der Waals surface area contributed by atoms with Gasteiger partial charge in [-0.3, -0.25) is 52.7 Å². The number of carbonyl (C=O) groups is 11. The molecule has 11 N–H and O–H groups in total.